The molecule has 0 unspecified atom stereocenters. The standard InChI is InChI=1S/C30H32N2O6/c1-4-6-14-38-24-12-10-22(15-19(24)3)28(34)26-27(21-9-11-23(33)25(16-21)37-5-2)32(30(36)29(26)35)18-20-8-7-13-31-17-20/h7-13,15-17,27,33-34H,4-6,14,18H2,1-3H3/b28-26+/t27-/m1/s1. The summed E-state index contributed by atoms with van der Waals surface area (Å²) in [5, 5.41) is 21.7. The van der Waals surface area contributed by atoms with E-state index in [-0.39, 0.29) is 29.4 Å². The molecule has 198 valence electrons. The van der Waals surface area contributed by atoms with E-state index in [2.05, 4.69) is 11.9 Å². The van der Waals surface area contributed by atoms with E-state index < -0.39 is 17.7 Å². The highest BCUT2D eigenvalue weighted by Crippen LogP contribution is 2.42. The molecule has 1 amide bonds. The monoisotopic (exact) mass is 516 g/mol. The lowest BCUT2D eigenvalue weighted by Gasteiger charge is -2.26. The van der Waals surface area contributed by atoms with Gasteiger partial charge in [-0.1, -0.05) is 25.5 Å². The van der Waals surface area contributed by atoms with Crippen LogP contribution < -0.4 is 9.47 Å². The minimum Gasteiger partial charge on any atom is -0.507 e. The van der Waals surface area contributed by atoms with Gasteiger partial charge < -0.3 is 24.6 Å². The van der Waals surface area contributed by atoms with Gasteiger partial charge in [-0.25, -0.2) is 0 Å². The van der Waals surface area contributed by atoms with Crippen molar-refractivity contribution >= 4 is 17.4 Å². The highest BCUT2D eigenvalue weighted by atomic mass is 16.5. The number of ether oxygens (including phenoxy) is 2. The molecule has 0 aliphatic carbocycles. The minimum atomic E-state index is -0.907. The van der Waals surface area contributed by atoms with Crippen LogP contribution in [0.25, 0.3) is 5.76 Å². The minimum absolute atomic E-state index is 0.0360. The first-order valence-corrected chi connectivity index (χ1v) is 12.7. The largest absolute Gasteiger partial charge is 0.507 e. The Morgan fingerprint density at radius 3 is 2.55 bits per heavy atom. The summed E-state index contributed by atoms with van der Waals surface area (Å²) < 4.78 is 11.4. The van der Waals surface area contributed by atoms with Crippen molar-refractivity contribution in [2.45, 2.75) is 46.2 Å². The number of aryl methyl sites for hydroxylation is 1. The summed E-state index contributed by atoms with van der Waals surface area (Å²) in [6, 6.07) is 12.5. The summed E-state index contributed by atoms with van der Waals surface area (Å²) in [7, 11) is 0. The third-order valence-corrected chi connectivity index (χ3v) is 6.42. The smallest absolute Gasteiger partial charge is 0.295 e. The molecule has 0 radical (unpaired) electrons. The molecule has 38 heavy (non-hydrogen) atoms. The number of carbonyl (C=O) groups is 2. The first-order chi connectivity index (χ1) is 18.3. The zero-order valence-corrected chi connectivity index (χ0v) is 21.8. The summed E-state index contributed by atoms with van der Waals surface area (Å²) in [6.45, 7) is 6.75. The molecular formula is C30H32N2O6. The van der Waals surface area contributed by atoms with Gasteiger partial charge in [0.15, 0.2) is 11.5 Å². The molecule has 2 N–H and O–H groups in total. The Morgan fingerprint density at radius 1 is 1.05 bits per heavy atom. The normalized spacial score (nSPS) is 16.6. The van der Waals surface area contributed by atoms with Crippen molar-refractivity contribution in [3.8, 4) is 17.2 Å². The second-order valence-corrected chi connectivity index (χ2v) is 9.13. The summed E-state index contributed by atoms with van der Waals surface area (Å²) in [5.74, 6) is -0.943. The zero-order chi connectivity index (χ0) is 27.2. The highest BCUT2D eigenvalue weighted by molar-refractivity contribution is 6.46. The summed E-state index contributed by atoms with van der Waals surface area (Å²) in [5.41, 5.74) is 2.42. The number of nitrogens with zero attached hydrogens (tertiary/aromatic N) is 2. The van der Waals surface area contributed by atoms with Crippen molar-refractivity contribution in [2.24, 2.45) is 0 Å². The number of benzene rings is 2. The molecule has 1 aliphatic heterocycles. The Hall–Kier alpha value is -4.33. The number of aromatic hydroxyl groups is 1. The van der Waals surface area contributed by atoms with Crippen molar-refractivity contribution in [2.75, 3.05) is 13.2 Å². The molecule has 1 saturated heterocycles. The number of likely N-dealkylation sites (tertiary alicyclic amines) is 1. The number of unbranched alkanes of at least 4 members (excludes halogenated alkanes) is 1. The van der Waals surface area contributed by atoms with E-state index in [1.165, 1.54) is 11.0 Å². The molecule has 2 aromatic carbocycles. The maximum absolute atomic E-state index is 13.4. The molecular weight excluding hydrogens is 484 g/mol. The number of carbonyl (C=O) groups excluding carboxylic acids is 2. The average molecular weight is 517 g/mol. The zero-order valence-electron chi connectivity index (χ0n) is 21.8. The Balaban J connectivity index is 1.81. The van der Waals surface area contributed by atoms with Crippen LogP contribution >= 0.6 is 0 Å². The number of hydrogen-bond donors (Lipinski definition) is 2. The van der Waals surface area contributed by atoms with Crippen molar-refractivity contribution < 1.29 is 29.3 Å². The van der Waals surface area contributed by atoms with Gasteiger partial charge in [-0.3, -0.25) is 14.6 Å². The molecule has 1 aromatic heterocycles. The lowest BCUT2D eigenvalue weighted by molar-refractivity contribution is -0.140. The van der Waals surface area contributed by atoms with Gasteiger partial charge in [-0.05, 0) is 73.4 Å². The number of Topliss-reactive ketones (excluding diaryl/α,β-unsaturated/α-hetero) is 1. The average Bonchev–Trinajstić information content (AvgIpc) is 3.16. The lowest BCUT2D eigenvalue weighted by Crippen LogP contribution is -2.29. The van der Waals surface area contributed by atoms with Crippen LogP contribution in [0.4, 0.5) is 0 Å². The van der Waals surface area contributed by atoms with E-state index in [0.29, 0.717) is 30.1 Å². The molecule has 1 atom stereocenters. The third kappa shape index (κ3) is 5.49. The molecule has 0 spiro atoms. The summed E-state index contributed by atoms with van der Waals surface area (Å²) in [6.07, 6.45) is 5.19. The molecule has 4 rings (SSSR count). The molecule has 1 aliphatic rings. The van der Waals surface area contributed by atoms with E-state index in [1.807, 2.05) is 13.0 Å². The number of phenols is 1. The van der Waals surface area contributed by atoms with Crippen molar-refractivity contribution in [1.82, 2.24) is 9.88 Å². The fraction of sp³-hybridized carbons (Fsp3) is 0.300. The number of phenolic OH excluding ortho intramolecular Hbond substituents is 1. The number of aliphatic hydroxyl groups is 1. The van der Waals surface area contributed by atoms with Crippen LogP contribution in [0.2, 0.25) is 0 Å². The van der Waals surface area contributed by atoms with Crippen LogP contribution in [0.15, 0.2) is 66.5 Å². The number of aliphatic hydroxyl groups excluding tert-OH is 1. The Morgan fingerprint density at radius 2 is 1.87 bits per heavy atom. The van der Waals surface area contributed by atoms with E-state index in [4.69, 9.17) is 9.47 Å². The van der Waals surface area contributed by atoms with Crippen molar-refractivity contribution in [3.05, 3.63) is 88.8 Å². The second kappa shape index (κ2) is 11.8. The Kier molecular flexibility index (Phi) is 8.31. The van der Waals surface area contributed by atoms with Crippen LogP contribution in [0.1, 0.15) is 55.0 Å². The van der Waals surface area contributed by atoms with Crippen LogP contribution in [0.3, 0.4) is 0 Å². The molecule has 1 fully saturated rings. The van der Waals surface area contributed by atoms with Gasteiger partial charge >= 0.3 is 0 Å². The van der Waals surface area contributed by atoms with Crippen LogP contribution in [-0.2, 0) is 16.1 Å². The highest BCUT2D eigenvalue weighted by Gasteiger charge is 2.46. The maximum atomic E-state index is 13.4. The summed E-state index contributed by atoms with van der Waals surface area (Å²) >= 11 is 0. The van der Waals surface area contributed by atoms with Gasteiger partial charge in [0.05, 0.1) is 24.8 Å². The number of pyridine rings is 1. The van der Waals surface area contributed by atoms with Crippen molar-refractivity contribution in [1.29, 1.82) is 0 Å². The van der Waals surface area contributed by atoms with E-state index in [0.717, 1.165) is 24.0 Å². The number of amides is 1. The molecule has 3 aromatic rings. The van der Waals surface area contributed by atoms with Crippen LogP contribution in [0.5, 0.6) is 17.2 Å². The maximum Gasteiger partial charge on any atom is 0.295 e. The number of ketones is 1. The van der Waals surface area contributed by atoms with Gasteiger partial charge in [-0.15, -0.1) is 0 Å². The molecule has 0 saturated carbocycles. The molecule has 8 heteroatoms. The third-order valence-electron chi connectivity index (χ3n) is 6.42. The van der Waals surface area contributed by atoms with Crippen molar-refractivity contribution in [3.63, 3.8) is 0 Å². The predicted molar refractivity (Wildman–Crippen MR) is 143 cm³/mol. The first-order valence-electron chi connectivity index (χ1n) is 12.7. The Labute approximate surface area is 222 Å². The van der Waals surface area contributed by atoms with Gasteiger partial charge in [-0.2, -0.15) is 0 Å². The van der Waals surface area contributed by atoms with E-state index >= 15 is 0 Å². The fourth-order valence-corrected chi connectivity index (χ4v) is 4.49. The van der Waals surface area contributed by atoms with Crippen LogP contribution in [-0.4, -0.2) is 45.0 Å². The summed E-state index contributed by atoms with van der Waals surface area (Å²) in [4.78, 5) is 32.2. The quantitative estimate of drug-likeness (QED) is 0.163. The van der Waals surface area contributed by atoms with E-state index in [1.54, 1.807) is 55.7 Å². The van der Waals surface area contributed by atoms with Gasteiger partial charge in [0, 0.05) is 24.5 Å². The number of hydrogen-bond acceptors (Lipinski definition) is 7. The molecule has 0 bridgehead atoms. The second-order valence-electron chi connectivity index (χ2n) is 9.13. The first kappa shape index (κ1) is 26.7. The SMILES string of the molecule is CCCCOc1ccc(/C(O)=C2\C(=O)C(=O)N(Cc3cccnc3)[C@@H]2c2ccc(O)c(OCC)c2)cc1C. The lowest BCUT2D eigenvalue weighted by atomic mass is 9.94. The Bertz CT molecular complexity index is 1350. The van der Waals surface area contributed by atoms with E-state index in [9.17, 15) is 19.8 Å². The van der Waals surface area contributed by atoms with Crippen LogP contribution in [0, 0.1) is 6.92 Å². The van der Waals surface area contributed by atoms with Gasteiger partial charge in [0.2, 0.25) is 0 Å². The van der Waals surface area contributed by atoms with Gasteiger partial charge in [0.1, 0.15) is 11.5 Å². The number of aromatic nitrogens is 1. The molecule has 2 heterocycles. The van der Waals surface area contributed by atoms with Gasteiger partial charge in [0.25, 0.3) is 11.7 Å². The number of rotatable bonds is 10. The topological polar surface area (TPSA) is 109 Å². The fourth-order valence-electron chi connectivity index (χ4n) is 4.49. The predicted octanol–water partition coefficient (Wildman–Crippen LogP) is 5.30. The molecule has 8 nitrogen and oxygen atoms in total.